The van der Waals surface area contributed by atoms with Gasteiger partial charge in [-0.15, -0.1) is 11.3 Å². The van der Waals surface area contributed by atoms with E-state index >= 15 is 0 Å². The van der Waals surface area contributed by atoms with Crippen LogP contribution in [-0.2, 0) is 20.4 Å². The fourth-order valence-electron chi connectivity index (χ4n) is 2.09. The van der Waals surface area contributed by atoms with Gasteiger partial charge in [0.2, 0.25) is 5.78 Å². The summed E-state index contributed by atoms with van der Waals surface area (Å²) in [4.78, 5) is 21.8. The van der Waals surface area contributed by atoms with E-state index in [-0.39, 0.29) is 27.7 Å². The van der Waals surface area contributed by atoms with E-state index in [1.807, 2.05) is 0 Å². The molecule has 3 rings (SSSR count). The zero-order valence-electron chi connectivity index (χ0n) is 12.2. The topological polar surface area (TPSA) is 115 Å². The second-order valence-corrected chi connectivity index (χ2v) is 7.76. The molecule has 0 bridgehead atoms. The number of nitrogens with two attached hydrogens (primary N) is 1. The lowest BCUT2D eigenvalue weighted by Crippen LogP contribution is -2.21. The first-order valence-electron chi connectivity index (χ1n) is 6.47. The molecule has 2 aromatic rings. The summed E-state index contributed by atoms with van der Waals surface area (Å²) in [5, 5.41) is 8.85. The number of hydrogen-bond acceptors (Lipinski definition) is 6. The van der Waals surface area contributed by atoms with E-state index in [2.05, 4.69) is 0 Å². The molecule has 0 spiro atoms. The Hall–Kier alpha value is -2.40. The molecule has 0 saturated carbocycles. The number of rotatable bonds is 0. The van der Waals surface area contributed by atoms with Crippen molar-refractivity contribution >= 4 is 38.6 Å². The van der Waals surface area contributed by atoms with Crippen LogP contribution in [0.3, 0.4) is 0 Å². The standard InChI is InChI=1S/C12H9NO3S2.C2HF3O2/c13-8-2-1-3-9-10(8)11(14)12-7(4-5-17-12)6-18(9,15)16;3-2(4,5)1(6)7/h1-5H,6,13H2;(H,6,7). The van der Waals surface area contributed by atoms with Crippen molar-refractivity contribution in [3.8, 4) is 0 Å². The maximum atomic E-state index is 12.4. The summed E-state index contributed by atoms with van der Waals surface area (Å²) in [6.45, 7) is 0. The SMILES string of the molecule is Nc1cccc2c1C(=O)c1sccc1CS2(=O)=O.O=C(O)C(F)(F)F. The van der Waals surface area contributed by atoms with Crippen LogP contribution in [0.5, 0.6) is 0 Å². The minimum absolute atomic E-state index is 0.0379. The Kier molecular flexibility index (Phi) is 4.91. The van der Waals surface area contributed by atoms with Crippen LogP contribution in [0, 0.1) is 0 Å². The number of benzene rings is 1. The first kappa shape index (κ1) is 18.9. The molecule has 0 atom stereocenters. The molecular formula is C14H10F3NO5S2. The van der Waals surface area contributed by atoms with Gasteiger partial charge in [0.15, 0.2) is 9.84 Å². The smallest absolute Gasteiger partial charge is 0.475 e. The van der Waals surface area contributed by atoms with Gasteiger partial charge < -0.3 is 10.8 Å². The van der Waals surface area contributed by atoms with Crippen LogP contribution in [0.2, 0.25) is 0 Å². The number of carboxylic acids is 1. The molecule has 0 fully saturated rings. The number of halogens is 3. The molecule has 0 amide bonds. The van der Waals surface area contributed by atoms with Crippen molar-refractivity contribution in [2.75, 3.05) is 5.73 Å². The van der Waals surface area contributed by atoms with Gasteiger partial charge in [0, 0.05) is 5.69 Å². The summed E-state index contributed by atoms with van der Waals surface area (Å²) in [5.41, 5.74) is 6.64. The van der Waals surface area contributed by atoms with E-state index in [9.17, 15) is 26.4 Å². The van der Waals surface area contributed by atoms with Gasteiger partial charge in [-0.25, -0.2) is 13.2 Å². The van der Waals surface area contributed by atoms with E-state index < -0.39 is 22.0 Å². The third-order valence-electron chi connectivity index (χ3n) is 3.16. The van der Waals surface area contributed by atoms with E-state index in [1.54, 1.807) is 23.6 Å². The molecule has 0 aliphatic carbocycles. The average molecular weight is 393 g/mol. The molecule has 134 valence electrons. The number of carbonyl (C=O) groups excluding carboxylic acids is 1. The number of aliphatic carboxylic acids is 1. The Morgan fingerprint density at radius 2 is 1.84 bits per heavy atom. The summed E-state index contributed by atoms with van der Waals surface area (Å²) >= 11 is 1.25. The first-order chi connectivity index (χ1) is 11.4. The van der Waals surface area contributed by atoms with Gasteiger partial charge in [0.1, 0.15) is 0 Å². The van der Waals surface area contributed by atoms with Crippen molar-refractivity contribution < 1.29 is 36.3 Å². The molecule has 0 saturated heterocycles. The lowest BCUT2D eigenvalue weighted by Gasteiger charge is -2.07. The number of ketones is 1. The van der Waals surface area contributed by atoms with E-state index in [4.69, 9.17) is 15.6 Å². The van der Waals surface area contributed by atoms with Gasteiger partial charge >= 0.3 is 12.1 Å². The van der Waals surface area contributed by atoms with Crippen LogP contribution >= 0.6 is 11.3 Å². The fourth-order valence-corrected chi connectivity index (χ4v) is 4.67. The Morgan fingerprint density at radius 3 is 2.40 bits per heavy atom. The average Bonchev–Trinajstić information content (AvgIpc) is 2.90. The number of carboxylic acid groups (broad SMARTS) is 1. The molecule has 2 heterocycles. The minimum Gasteiger partial charge on any atom is -0.475 e. The summed E-state index contributed by atoms with van der Waals surface area (Å²) in [6.07, 6.45) is -5.08. The Bertz CT molecular complexity index is 948. The van der Waals surface area contributed by atoms with Gasteiger partial charge in [-0.2, -0.15) is 13.2 Å². The summed E-state index contributed by atoms with van der Waals surface area (Å²) in [5.74, 6) is -3.20. The summed E-state index contributed by atoms with van der Waals surface area (Å²) < 4.78 is 56.2. The normalized spacial score (nSPS) is 15.2. The molecule has 11 heteroatoms. The number of sulfone groups is 1. The van der Waals surface area contributed by atoms with Crippen LogP contribution in [0.4, 0.5) is 18.9 Å². The largest absolute Gasteiger partial charge is 0.490 e. The molecule has 0 radical (unpaired) electrons. The number of thiophene rings is 1. The van der Waals surface area contributed by atoms with Crippen molar-refractivity contribution in [1.82, 2.24) is 0 Å². The monoisotopic (exact) mass is 393 g/mol. The van der Waals surface area contributed by atoms with Gasteiger partial charge in [-0.3, -0.25) is 4.79 Å². The molecule has 1 aromatic heterocycles. The van der Waals surface area contributed by atoms with Crippen LogP contribution in [0.15, 0.2) is 34.5 Å². The lowest BCUT2D eigenvalue weighted by atomic mass is 10.1. The molecular weight excluding hydrogens is 383 g/mol. The molecule has 0 unspecified atom stereocenters. The number of hydrogen-bond donors (Lipinski definition) is 2. The van der Waals surface area contributed by atoms with Gasteiger partial charge in [-0.1, -0.05) is 6.07 Å². The van der Waals surface area contributed by atoms with E-state index in [0.29, 0.717) is 10.4 Å². The van der Waals surface area contributed by atoms with Gasteiger partial charge in [0.05, 0.1) is 21.1 Å². The van der Waals surface area contributed by atoms with Crippen molar-refractivity contribution in [3.05, 3.63) is 45.6 Å². The zero-order valence-corrected chi connectivity index (χ0v) is 13.8. The molecule has 6 nitrogen and oxygen atoms in total. The van der Waals surface area contributed by atoms with Crippen LogP contribution in [-0.4, -0.2) is 31.5 Å². The number of nitrogen functional groups attached to an aromatic ring is 1. The summed E-state index contributed by atoms with van der Waals surface area (Å²) in [7, 11) is -3.51. The highest BCUT2D eigenvalue weighted by molar-refractivity contribution is 7.90. The van der Waals surface area contributed by atoms with E-state index in [1.165, 1.54) is 17.4 Å². The molecule has 3 N–H and O–H groups in total. The second kappa shape index (κ2) is 6.48. The van der Waals surface area contributed by atoms with Gasteiger partial charge in [-0.05, 0) is 29.1 Å². The quantitative estimate of drug-likeness (QED) is 0.665. The first-order valence-corrected chi connectivity index (χ1v) is 9.00. The minimum atomic E-state index is -5.08. The van der Waals surface area contributed by atoms with Gasteiger partial charge in [0.25, 0.3) is 0 Å². The predicted molar refractivity (Wildman–Crippen MR) is 83.2 cm³/mol. The highest BCUT2D eigenvalue weighted by atomic mass is 32.2. The Balaban J connectivity index is 0.000000277. The number of alkyl halides is 3. The number of anilines is 1. The maximum absolute atomic E-state index is 12.4. The molecule has 1 aliphatic rings. The van der Waals surface area contributed by atoms with Crippen LogP contribution in [0.1, 0.15) is 20.8 Å². The number of carbonyl (C=O) groups is 2. The van der Waals surface area contributed by atoms with Crippen molar-refractivity contribution in [2.24, 2.45) is 0 Å². The summed E-state index contributed by atoms with van der Waals surface area (Å²) in [6, 6.07) is 6.22. The van der Waals surface area contributed by atoms with Crippen molar-refractivity contribution in [2.45, 2.75) is 16.8 Å². The van der Waals surface area contributed by atoms with E-state index in [0.717, 1.165) is 0 Å². The van der Waals surface area contributed by atoms with Crippen LogP contribution < -0.4 is 5.73 Å². The van der Waals surface area contributed by atoms with Crippen LogP contribution in [0.25, 0.3) is 0 Å². The highest BCUT2D eigenvalue weighted by Gasteiger charge is 2.38. The molecule has 1 aliphatic heterocycles. The second-order valence-electron chi connectivity index (χ2n) is 4.89. The number of fused-ring (bicyclic) bond motifs is 2. The highest BCUT2D eigenvalue weighted by Crippen LogP contribution is 2.34. The van der Waals surface area contributed by atoms with Crippen molar-refractivity contribution in [1.29, 1.82) is 0 Å². The molecule has 1 aromatic carbocycles. The fraction of sp³-hybridized carbons (Fsp3) is 0.143. The van der Waals surface area contributed by atoms with Crippen molar-refractivity contribution in [3.63, 3.8) is 0 Å². The lowest BCUT2D eigenvalue weighted by molar-refractivity contribution is -0.192. The third-order valence-corrected chi connectivity index (χ3v) is 5.82. The Morgan fingerprint density at radius 1 is 1.24 bits per heavy atom. The maximum Gasteiger partial charge on any atom is 0.490 e. The zero-order chi connectivity index (χ0) is 19.0. The Labute approximate surface area is 143 Å². The molecule has 25 heavy (non-hydrogen) atoms. The third kappa shape index (κ3) is 3.82. The predicted octanol–water partition coefficient (Wildman–Crippen LogP) is 2.48.